The molecule has 0 spiro atoms. The smallest absolute Gasteiger partial charge is 0.244 e. The van der Waals surface area contributed by atoms with Crippen molar-refractivity contribution < 1.29 is 18.0 Å². The number of hydrogen-bond donors (Lipinski definition) is 1. The van der Waals surface area contributed by atoms with Crippen molar-refractivity contribution in [2.75, 3.05) is 23.7 Å². The molecule has 0 aliphatic rings. The number of carbonyl (C=O) groups is 2. The first kappa shape index (κ1) is 32.4. The van der Waals surface area contributed by atoms with Crippen LogP contribution in [0.25, 0.3) is 0 Å². The lowest BCUT2D eigenvalue weighted by molar-refractivity contribution is -0.140. The average Bonchev–Trinajstić information content (AvgIpc) is 2.89. The molecule has 3 aromatic carbocycles. The quantitative estimate of drug-likeness (QED) is 0.279. The third-order valence-corrected chi connectivity index (χ3v) is 8.48. The lowest BCUT2D eigenvalue weighted by Gasteiger charge is -2.34. The summed E-state index contributed by atoms with van der Waals surface area (Å²) in [5.41, 5.74) is 3.38. The van der Waals surface area contributed by atoms with Crippen LogP contribution in [0.5, 0.6) is 0 Å². The molecule has 1 atom stereocenters. The van der Waals surface area contributed by atoms with Gasteiger partial charge in [-0.05, 0) is 49.1 Å². The topological polar surface area (TPSA) is 86.8 Å². The van der Waals surface area contributed by atoms with E-state index in [0.29, 0.717) is 33.4 Å². The van der Waals surface area contributed by atoms with Gasteiger partial charge in [0.1, 0.15) is 12.6 Å². The Morgan fingerprint density at radius 3 is 2.12 bits per heavy atom. The van der Waals surface area contributed by atoms with Crippen LogP contribution in [0, 0.1) is 19.8 Å². The van der Waals surface area contributed by atoms with Gasteiger partial charge in [0.2, 0.25) is 21.8 Å². The van der Waals surface area contributed by atoms with E-state index in [2.05, 4.69) is 5.32 Å². The molecule has 41 heavy (non-hydrogen) atoms. The summed E-state index contributed by atoms with van der Waals surface area (Å²) < 4.78 is 27.1. The zero-order valence-corrected chi connectivity index (χ0v) is 26.4. The van der Waals surface area contributed by atoms with Crippen LogP contribution in [0.2, 0.25) is 10.0 Å². The number of aryl methyl sites for hydroxylation is 2. The predicted octanol–water partition coefficient (Wildman–Crippen LogP) is 5.79. The minimum absolute atomic E-state index is 0.0889. The second-order valence-corrected chi connectivity index (χ2v) is 13.3. The third kappa shape index (κ3) is 8.96. The maximum atomic E-state index is 14.2. The summed E-state index contributed by atoms with van der Waals surface area (Å²) in [6.07, 6.45) is 1.27. The fraction of sp³-hybridized carbons (Fsp3) is 0.355. The minimum atomic E-state index is -3.86. The molecule has 0 aliphatic heterocycles. The summed E-state index contributed by atoms with van der Waals surface area (Å²) >= 11 is 13.0. The van der Waals surface area contributed by atoms with Gasteiger partial charge in [0.15, 0.2) is 0 Å². The molecule has 2 amide bonds. The molecule has 0 bridgehead atoms. The fourth-order valence-electron chi connectivity index (χ4n) is 4.51. The largest absolute Gasteiger partial charge is 0.354 e. The van der Waals surface area contributed by atoms with Crippen molar-refractivity contribution in [2.45, 2.75) is 46.7 Å². The lowest BCUT2D eigenvalue weighted by Crippen LogP contribution is -2.53. The zero-order chi connectivity index (χ0) is 30.3. The van der Waals surface area contributed by atoms with Crippen LogP contribution >= 0.6 is 23.2 Å². The highest BCUT2D eigenvalue weighted by atomic mass is 35.5. The Morgan fingerprint density at radius 1 is 0.927 bits per heavy atom. The third-order valence-electron chi connectivity index (χ3n) is 6.65. The first-order chi connectivity index (χ1) is 19.3. The summed E-state index contributed by atoms with van der Waals surface area (Å²) in [4.78, 5) is 29.3. The number of rotatable bonds is 12. The van der Waals surface area contributed by atoms with E-state index >= 15 is 0 Å². The highest BCUT2D eigenvalue weighted by Gasteiger charge is 2.34. The van der Waals surface area contributed by atoms with Crippen LogP contribution in [0.15, 0.2) is 66.7 Å². The van der Waals surface area contributed by atoms with Crippen molar-refractivity contribution in [1.29, 1.82) is 0 Å². The molecule has 10 heteroatoms. The van der Waals surface area contributed by atoms with Gasteiger partial charge in [-0.15, -0.1) is 0 Å². The molecule has 220 valence electrons. The Morgan fingerprint density at radius 2 is 1.56 bits per heavy atom. The second kappa shape index (κ2) is 14.2. The molecule has 0 fully saturated rings. The molecule has 0 saturated heterocycles. The molecule has 0 saturated carbocycles. The van der Waals surface area contributed by atoms with E-state index in [1.165, 1.54) is 4.90 Å². The molecule has 0 aromatic heterocycles. The summed E-state index contributed by atoms with van der Waals surface area (Å²) in [7, 11) is -3.86. The normalized spacial score (nSPS) is 12.2. The monoisotopic (exact) mass is 617 g/mol. The molecule has 1 N–H and O–H groups in total. The number of nitrogens with zero attached hydrogens (tertiary/aromatic N) is 2. The molecular formula is C31H37Cl2N3O4S. The number of sulfonamides is 1. The number of carbonyl (C=O) groups excluding carboxylic acids is 2. The number of halogens is 2. The van der Waals surface area contributed by atoms with Gasteiger partial charge >= 0.3 is 0 Å². The molecule has 0 radical (unpaired) electrons. The van der Waals surface area contributed by atoms with Crippen molar-refractivity contribution in [3.63, 3.8) is 0 Å². The second-order valence-electron chi connectivity index (χ2n) is 10.6. The van der Waals surface area contributed by atoms with E-state index in [0.717, 1.165) is 21.7 Å². The molecule has 3 rings (SSSR count). The van der Waals surface area contributed by atoms with Crippen molar-refractivity contribution in [1.82, 2.24) is 10.2 Å². The van der Waals surface area contributed by atoms with Gasteiger partial charge in [-0.1, -0.05) is 91.1 Å². The van der Waals surface area contributed by atoms with Gasteiger partial charge in [0, 0.05) is 35.1 Å². The van der Waals surface area contributed by atoms with Crippen molar-refractivity contribution >= 4 is 50.7 Å². The number of anilines is 1. The standard InChI is InChI=1S/C31H37Cl2N3O4S/c1-21(2)18-34-31(38)29(17-24-10-7-6-8-11-24)35(19-25-26(32)12-9-13-27(25)33)30(37)20-36(41(5,39)40)28-15-14-22(3)16-23(28)4/h6-16,21,29H,17-20H2,1-5H3,(H,34,38). The SMILES string of the molecule is Cc1ccc(N(CC(=O)N(Cc2c(Cl)cccc2Cl)C(Cc2ccccc2)C(=O)NCC(C)C)S(C)(=O)=O)c(C)c1. The molecule has 1 unspecified atom stereocenters. The highest BCUT2D eigenvalue weighted by Crippen LogP contribution is 2.29. The molecular weight excluding hydrogens is 581 g/mol. The molecule has 0 heterocycles. The van der Waals surface area contributed by atoms with Crippen LogP contribution in [-0.4, -0.2) is 50.5 Å². The number of nitrogens with one attached hydrogen (secondary N) is 1. The number of benzene rings is 3. The average molecular weight is 619 g/mol. The Labute approximate surface area is 253 Å². The fourth-order valence-corrected chi connectivity index (χ4v) is 5.93. The van der Waals surface area contributed by atoms with Crippen LogP contribution in [0.4, 0.5) is 5.69 Å². The van der Waals surface area contributed by atoms with E-state index in [1.54, 1.807) is 37.3 Å². The van der Waals surface area contributed by atoms with Gasteiger partial charge in [-0.25, -0.2) is 8.42 Å². The van der Waals surface area contributed by atoms with Crippen molar-refractivity contribution in [3.05, 3.63) is 99.0 Å². The van der Waals surface area contributed by atoms with E-state index in [4.69, 9.17) is 23.2 Å². The maximum absolute atomic E-state index is 14.2. The van der Waals surface area contributed by atoms with Crippen LogP contribution in [0.1, 0.15) is 36.1 Å². The lowest BCUT2D eigenvalue weighted by atomic mass is 10.0. The minimum Gasteiger partial charge on any atom is -0.354 e. The molecule has 3 aromatic rings. The Balaban J connectivity index is 2.11. The van der Waals surface area contributed by atoms with Crippen LogP contribution < -0.4 is 9.62 Å². The van der Waals surface area contributed by atoms with Gasteiger partial charge in [0.05, 0.1) is 11.9 Å². The first-order valence-electron chi connectivity index (χ1n) is 13.4. The van der Waals surface area contributed by atoms with E-state index < -0.39 is 28.5 Å². The summed E-state index contributed by atoms with van der Waals surface area (Å²) in [5, 5.41) is 3.63. The predicted molar refractivity (Wildman–Crippen MR) is 167 cm³/mol. The van der Waals surface area contributed by atoms with Gasteiger partial charge in [0.25, 0.3) is 0 Å². The van der Waals surface area contributed by atoms with Crippen molar-refractivity contribution in [2.24, 2.45) is 5.92 Å². The van der Waals surface area contributed by atoms with Gasteiger partial charge < -0.3 is 10.2 Å². The van der Waals surface area contributed by atoms with Gasteiger partial charge in [-0.3, -0.25) is 13.9 Å². The van der Waals surface area contributed by atoms with E-state index in [9.17, 15) is 18.0 Å². The summed E-state index contributed by atoms with van der Waals surface area (Å²) in [6.45, 7) is 7.48. The van der Waals surface area contributed by atoms with E-state index in [-0.39, 0.29) is 24.8 Å². The van der Waals surface area contributed by atoms with Gasteiger partial charge in [-0.2, -0.15) is 0 Å². The Kier molecular flexibility index (Phi) is 11.2. The van der Waals surface area contributed by atoms with Crippen LogP contribution in [0.3, 0.4) is 0 Å². The highest BCUT2D eigenvalue weighted by molar-refractivity contribution is 7.92. The van der Waals surface area contributed by atoms with Crippen LogP contribution in [-0.2, 0) is 32.6 Å². The Bertz CT molecular complexity index is 1460. The number of amides is 2. The Hall–Kier alpha value is -3.07. The summed E-state index contributed by atoms with van der Waals surface area (Å²) in [6, 6.07) is 18.8. The number of hydrogen-bond acceptors (Lipinski definition) is 4. The zero-order valence-electron chi connectivity index (χ0n) is 24.0. The molecule has 0 aliphatic carbocycles. The van der Waals surface area contributed by atoms with E-state index in [1.807, 2.05) is 57.2 Å². The maximum Gasteiger partial charge on any atom is 0.244 e. The molecule has 7 nitrogen and oxygen atoms in total. The summed E-state index contributed by atoms with van der Waals surface area (Å²) in [5.74, 6) is -0.729. The first-order valence-corrected chi connectivity index (χ1v) is 16.0. The van der Waals surface area contributed by atoms with Crippen molar-refractivity contribution in [3.8, 4) is 0 Å².